The van der Waals surface area contributed by atoms with E-state index in [2.05, 4.69) is 87.6 Å². The molecule has 1 saturated heterocycles. The van der Waals surface area contributed by atoms with Gasteiger partial charge in [-0.15, -0.1) is 0 Å². The minimum atomic E-state index is 0. The third-order valence-corrected chi connectivity index (χ3v) is 6.57. The lowest BCUT2D eigenvalue weighted by molar-refractivity contribution is 0.0375. The molecule has 0 aliphatic carbocycles. The van der Waals surface area contributed by atoms with Gasteiger partial charge in [0.1, 0.15) is 0 Å². The lowest BCUT2D eigenvalue weighted by Gasteiger charge is -2.26. The number of nitrogens with zero attached hydrogens (tertiary/aromatic N) is 2. The first-order valence-corrected chi connectivity index (χ1v) is 11.9. The van der Waals surface area contributed by atoms with Crippen LogP contribution >= 0.6 is 0 Å². The zero-order chi connectivity index (χ0) is 21.6. The molecule has 2 heterocycles. The summed E-state index contributed by atoms with van der Waals surface area (Å²) in [6, 6.07) is 26.4. The van der Waals surface area contributed by atoms with Crippen LogP contribution in [0, 0.1) is 0 Å². The van der Waals surface area contributed by atoms with Crippen molar-refractivity contribution < 1.29 is 10.2 Å². The van der Waals surface area contributed by atoms with Crippen LogP contribution in [-0.2, 0) is 17.7 Å². The number of morpholine rings is 1. The van der Waals surface area contributed by atoms with Crippen molar-refractivity contribution >= 4 is 21.8 Å². The van der Waals surface area contributed by atoms with Gasteiger partial charge in [-0.3, -0.25) is 4.90 Å². The van der Waals surface area contributed by atoms with Gasteiger partial charge in [0.25, 0.3) is 0 Å². The van der Waals surface area contributed by atoms with Crippen LogP contribution in [0.1, 0.15) is 17.5 Å². The first-order valence-electron chi connectivity index (χ1n) is 11.9. The van der Waals surface area contributed by atoms with Gasteiger partial charge in [0.2, 0.25) is 0 Å². The Balaban J connectivity index is 0.00000259. The van der Waals surface area contributed by atoms with Gasteiger partial charge >= 0.3 is 0 Å². The molecule has 174 valence electrons. The molecule has 1 aliphatic heterocycles. The van der Waals surface area contributed by atoms with E-state index >= 15 is 0 Å². The Morgan fingerprint density at radius 1 is 0.788 bits per heavy atom. The van der Waals surface area contributed by atoms with Crippen molar-refractivity contribution in [2.24, 2.45) is 0 Å². The van der Waals surface area contributed by atoms with E-state index in [4.69, 9.17) is 4.74 Å². The van der Waals surface area contributed by atoms with Crippen molar-refractivity contribution in [3.05, 3.63) is 83.9 Å². The fourth-order valence-electron chi connectivity index (χ4n) is 4.92. The number of nitrogens with one attached hydrogen (secondary N) is 1. The van der Waals surface area contributed by atoms with Crippen molar-refractivity contribution in [1.29, 1.82) is 0 Å². The third-order valence-electron chi connectivity index (χ3n) is 6.57. The topological polar surface area (TPSA) is 60.9 Å². The summed E-state index contributed by atoms with van der Waals surface area (Å²) < 4.78 is 7.91. The van der Waals surface area contributed by atoms with Gasteiger partial charge in [0.15, 0.2) is 0 Å². The van der Waals surface area contributed by atoms with E-state index in [9.17, 15) is 0 Å². The Morgan fingerprint density at radius 2 is 1.55 bits per heavy atom. The molecule has 0 amide bonds. The number of hydrogen-bond acceptors (Lipinski definition) is 3. The highest BCUT2D eigenvalue weighted by Crippen LogP contribution is 2.32. The van der Waals surface area contributed by atoms with Crippen LogP contribution < -0.4 is 5.32 Å². The fourth-order valence-corrected chi connectivity index (χ4v) is 4.92. The maximum atomic E-state index is 5.44. The number of fused-ring (bicyclic) bond motifs is 3. The number of hydrogen-bond donors (Lipinski definition) is 1. The predicted molar refractivity (Wildman–Crippen MR) is 137 cm³/mol. The summed E-state index contributed by atoms with van der Waals surface area (Å²) in [5.41, 5.74) is 5.42. The van der Waals surface area contributed by atoms with Crippen molar-refractivity contribution in [1.82, 2.24) is 14.8 Å². The molecule has 1 aromatic heterocycles. The molecule has 5 nitrogen and oxygen atoms in total. The first kappa shape index (κ1) is 23.5. The molecule has 33 heavy (non-hydrogen) atoms. The summed E-state index contributed by atoms with van der Waals surface area (Å²) >= 11 is 0. The predicted octanol–water partition coefficient (Wildman–Crippen LogP) is 3.87. The Bertz CT molecular complexity index is 1150. The summed E-state index contributed by atoms with van der Waals surface area (Å²) in [5.74, 6) is 0. The molecule has 1 fully saturated rings. The van der Waals surface area contributed by atoms with Gasteiger partial charge in [-0.25, -0.2) is 0 Å². The Labute approximate surface area is 196 Å². The summed E-state index contributed by atoms with van der Waals surface area (Å²) in [6.07, 6.45) is 2.24. The average molecular weight is 446 g/mol. The van der Waals surface area contributed by atoms with Crippen LogP contribution in [0.2, 0.25) is 0 Å². The quantitative estimate of drug-likeness (QED) is 0.398. The average Bonchev–Trinajstić information content (AvgIpc) is 3.17. The summed E-state index contributed by atoms with van der Waals surface area (Å²) in [7, 11) is 0. The minimum Gasteiger partial charge on any atom is -0.412 e. The van der Waals surface area contributed by atoms with Gasteiger partial charge in [-0.05, 0) is 55.7 Å². The fraction of sp³-hybridized carbons (Fsp3) is 0.357. The van der Waals surface area contributed by atoms with Gasteiger partial charge < -0.3 is 20.1 Å². The van der Waals surface area contributed by atoms with Crippen molar-refractivity contribution in [3.63, 3.8) is 0 Å². The number of rotatable bonds is 9. The number of para-hydroxylation sites is 1. The second-order valence-corrected chi connectivity index (χ2v) is 8.71. The number of ether oxygens (including phenoxy) is 1. The zero-order valence-corrected chi connectivity index (χ0v) is 19.3. The summed E-state index contributed by atoms with van der Waals surface area (Å²) in [4.78, 5) is 2.51. The molecule has 1 aliphatic rings. The second kappa shape index (κ2) is 11.4. The smallest absolute Gasteiger partial charge is 0.0594 e. The van der Waals surface area contributed by atoms with Crippen LogP contribution in [0.25, 0.3) is 21.8 Å². The molecule has 3 aromatic carbocycles. The van der Waals surface area contributed by atoms with E-state index in [1.807, 2.05) is 0 Å². The Morgan fingerprint density at radius 3 is 2.39 bits per heavy atom. The molecule has 5 heteroatoms. The minimum absolute atomic E-state index is 0. The van der Waals surface area contributed by atoms with Crippen LogP contribution in [-0.4, -0.2) is 60.9 Å². The molecule has 0 unspecified atom stereocenters. The van der Waals surface area contributed by atoms with Gasteiger partial charge in [0, 0.05) is 41.4 Å². The molecule has 3 N–H and O–H groups in total. The molecular formula is C28H35N3O2. The molecule has 0 bridgehead atoms. The highest BCUT2D eigenvalue weighted by atomic mass is 16.5. The van der Waals surface area contributed by atoms with E-state index in [1.165, 1.54) is 45.9 Å². The van der Waals surface area contributed by atoms with Crippen LogP contribution in [0.3, 0.4) is 0 Å². The highest BCUT2D eigenvalue weighted by Gasteiger charge is 2.14. The van der Waals surface area contributed by atoms with Gasteiger partial charge in [-0.2, -0.15) is 0 Å². The third kappa shape index (κ3) is 5.45. The highest BCUT2D eigenvalue weighted by molar-refractivity contribution is 6.09. The van der Waals surface area contributed by atoms with E-state index in [1.54, 1.807) is 0 Å². The van der Waals surface area contributed by atoms with Crippen molar-refractivity contribution in [2.45, 2.75) is 19.4 Å². The van der Waals surface area contributed by atoms with E-state index in [0.717, 1.165) is 52.4 Å². The molecule has 4 aromatic rings. The lowest BCUT2D eigenvalue weighted by Crippen LogP contribution is -2.37. The van der Waals surface area contributed by atoms with Gasteiger partial charge in [-0.1, -0.05) is 60.7 Å². The standard InChI is InChI=1S/C28H33N3O.H2O/c1-2-8-23(9-3-1)22-31-26-12-5-4-11-25(26)28-24(10-6-13-27(28)31)14-16-29-15-7-17-30-18-20-32-21-19-30;/h1-6,8-13,29H,7,14-22H2;1H2. The SMILES string of the molecule is O.c1ccc(Cn2c3ccccc3c3c(CCNCCCN4CCOCC4)cccc32)cc1. The molecule has 0 spiro atoms. The number of benzene rings is 3. The van der Waals surface area contributed by atoms with Gasteiger partial charge in [0.05, 0.1) is 13.2 Å². The van der Waals surface area contributed by atoms with E-state index in [-0.39, 0.29) is 5.48 Å². The largest absolute Gasteiger partial charge is 0.412 e. The van der Waals surface area contributed by atoms with Crippen LogP contribution in [0.5, 0.6) is 0 Å². The van der Waals surface area contributed by atoms with Crippen molar-refractivity contribution in [2.75, 3.05) is 45.9 Å². The van der Waals surface area contributed by atoms with Crippen molar-refractivity contribution in [3.8, 4) is 0 Å². The first-order chi connectivity index (χ1) is 15.9. The summed E-state index contributed by atoms with van der Waals surface area (Å²) in [6.45, 7) is 8.07. The molecule has 5 rings (SSSR count). The molecule has 0 atom stereocenters. The second-order valence-electron chi connectivity index (χ2n) is 8.71. The van der Waals surface area contributed by atoms with E-state index in [0.29, 0.717) is 0 Å². The lowest BCUT2D eigenvalue weighted by atomic mass is 10.0. The maximum absolute atomic E-state index is 5.44. The van der Waals surface area contributed by atoms with E-state index < -0.39 is 0 Å². The maximum Gasteiger partial charge on any atom is 0.0594 e. The number of aromatic nitrogens is 1. The molecular weight excluding hydrogens is 410 g/mol. The molecule has 0 saturated carbocycles. The van der Waals surface area contributed by atoms with Crippen LogP contribution in [0.4, 0.5) is 0 Å². The Kier molecular flexibility index (Phi) is 8.13. The monoisotopic (exact) mass is 445 g/mol. The molecule has 0 radical (unpaired) electrons. The normalized spacial score (nSPS) is 14.5. The zero-order valence-electron chi connectivity index (χ0n) is 19.3. The van der Waals surface area contributed by atoms with Crippen LogP contribution in [0.15, 0.2) is 72.8 Å². The summed E-state index contributed by atoms with van der Waals surface area (Å²) in [5, 5.41) is 6.44. The Hall–Kier alpha value is -2.70.